The van der Waals surface area contributed by atoms with Crippen molar-refractivity contribution in [2.75, 3.05) is 5.75 Å². The maximum absolute atomic E-state index is 12.5. The molecule has 4 N–H and O–H groups in total. The second-order valence-corrected chi connectivity index (χ2v) is 15.2. The molecule has 8 heteroatoms. The highest BCUT2D eigenvalue weighted by atomic mass is 32.2. The van der Waals surface area contributed by atoms with E-state index in [0.717, 1.165) is 38.5 Å². The van der Waals surface area contributed by atoms with E-state index in [1.807, 2.05) is 0 Å². The lowest BCUT2D eigenvalue weighted by Crippen LogP contribution is -2.50. The lowest BCUT2D eigenvalue weighted by Gasteiger charge is -2.22. The molecule has 46 heavy (non-hydrogen) atoms. The van der Waals surface area contributed by atoms with Crippen molar-refractivity contribution in [3.8, 4) is 0 Å². The van der Waals surface area contributed by atoms with Crippen LogP contribution in [0, 0.1) is 0 Å². The molecule has 0 bridgehead atoms. The number of aliphatic hydroxyl groups is 2. The van der Waals surface area contributed by atoms with Crippen LogP contribution in [0.25, 0.3) is 0 Å². The minimum absolute atomic E-state index is 0.285. The molecule has 0 radical (unpaired) electrons. The van der Waals surface area contributed by atoms with Crippen molar-refractivity contribution >= 4 is 16.0 Å². The van der Waals surface area contributed by atoms with E-state index in [0.29, 0.717) is 6.42 Å². The molecule has 1 amide bonds. The summed E-state index contributed by atoms with van der Waals surface area (Å²) in [5.74, 6) is -1.53. The summed E-state index contributed by atoms with van der Waals surface area (Å²) in [5, 5.41) is 23.3. The zero-order valence-electron chi connectivity index (χ0n) is 30.1. The number of aliphatic hydroxyl groups excluding tert-OH is 2. The Kier molecular flexibility index (Phi) is 31.9. The Morgan fingerprint density at radius 1 is 0.587 bits per heavy atom. The highest BCUT2D eigenvalue weighted by Gasteiger charge is 2.27. The third-order valence-corrected chi connectivity index (χ3v) is 9.85. The van der Waals surface area contributed by atoms with Crippen molar-refractivity contribution in [1.29, 1.82) is 0 Å². The van der Waals surface area contributed by atoms with Gasteiger partial charge >= 0.3 is 0 Å². The molecule has 3 atom stereocenters. The number of unbranched alkanes of at least 4 members (excludes halogenated alkanes) is 26. The first-order valence-electron chi connectivity index (χ1n) is 19.5. The summed E-state index contributed by atoms with van der Waals surface area (Å²) >= 11 is 0. The number of hydrogen-bond acceptors (Lipinski definition) is 5. The van der Waals surface area contributed by atoms with Crippen LogP contribution in [0.4, 0.5) is 0 Å². The third-order valence-electron chi connectivity index (χ3n) is 9.07. The minimum Gasteiger partial charge on any atom is -0.387 e. The first-order valence-corrected chi connectivity index (χ1v) is 21.1. The number of allylic oxidation sites excluding steroid dienone is 1. The Hall–Kier alpha value is -0.960. The molecule has 0 saturated heterocycles. The number of nitrogens with one attached hydrogen (secondary N) is 1. The van der Waals surface area contributed by atoms with E-state index >= 15 is 0 Å². The molecule has 0 saturated carbocycles. The summed E-state index contributed by atoms with van der Waals surface area (Å²) in [5.41, 5.74) is 0. The van der Waals surface area contributed by atoms with E-state index in [9.17, 15) is 28.0 Å². The van der Waals surface area contributed by atoms with E-state index in [1.165, 1.54) is 141 Å². The fourth-order valence-electron chi connectivity index (χ4n) is 6.04. The third kappa shape index (κ3) is 31.6. The van der Waals surface area contributed by atoms with Crippen LogP contribution >= 0.6 is 0 Å². The fraction of sp³-hybridized carbons (Fsp3) is 0.921. The van der Waals surface area contributed by atoms with Gasteiger partial charge < -0.3 is 15.5 Å². The molecule has 0 aliphatic heterocycles. The monoisotopic (exact) mass is 674 g/mol. The van der Waals surface area contributed by atoms with Gasteiger partial charge in [-0.2, -0.15) is 8.42 Å². The normalized spacial score (nSPS) is 14.1. The van der Waals surface area contributed by atoms with Crippen molar-refractivity contribution in [2.24, 2.45) is 0 Å². The topological polar surface area (TPSA) is 124 Å². The minimum atomic E-state index is -4.43. The molecule has 274 valence electrons. The lowest BCUT2D eigenvalue weighted by atomic mass is 10.0. The van der Waals surface area contributed by atoms with Crippen molar-refractivity contribution < 1.29 is 28.0 Å². The average Bonchev–Trinajstić information content (AvgIpc) is 3.01. The van der Waals surface area contributed by atoms with E-state index in [4.69, 9.17) is 0 Å². The Balaban J connectivity index is 4.02. The van der Waals surface area contributed by atoms with Crippen molar-refractivity contribution in [2.45, 2.75) is 218 Å². The summed E-state index contributed by atoms with van der Waals surface area (Å²) in [6.45, 7) is 4.49. The maximum Gasteiger partial charge on any atom is 0.267 e. The van der Waals surface area contributed by atoms with Crippen LogP contribution in [0.2, 0.25) is 0 Å². The molecule has 0 aromatic carbocycles. The van der Waals surface area contributed by atoms with Gasteiger partial charge in [0.25, 0.3) is 10.1 Å². The smallest absolute Gasteiger partial charge is 0.267 e. The molecule has 0 aromatic heterocycles. The van der Waals surface area contributed by atoms with E-state index < -0.39 is 40.0 Å². The van der Waals surface area contributed by atoms with Gasteiger partial charge in [0, 0.05) is 0 Å². The van der Waals surface area contributed by atoms with Gasteiger partial charge in [0.2, 0.25) is 5.91 Å². The van der Waals surface area contributed by atoms with Crippen LogP contribution in [-0.2, 0) is 14.9 Å². The number of hydrogen-bond donors (Lipinski definition) is 4. The standard InChI is InChI=1S/C38H75NO6S/c1-3-5-7-9-11-13-15-17-18-19-20-21-23-25-27-29-31-33-37(41)38(42)39-35(34-46(43,44)45)36(40)32-30-28-26-24-22-16-14-12-10-8-6-4-2/h30,32,35-37,40-41H,3-29,31,33-34H2,1-2H3,(H,39,42)(H,43,44,45)/b32-30+. The average molecular weight is 674 g/mol. The van der Waals surface area contributed by atoms with Gasteiger partial charge in [-0.1, -0.05) is 193 Å². The molecule has 0 spiro atoms. The molecule has 3 unspecified atom stereocenters. The SMILES string of the molecule is CCCCCCCCCCCC/C=C/C(O)C(CS(=O)(=O)O)NC(=O)C(O)CCCCCCCCCCCCCCCCCCC. The van der Waals surface area contributed by atoms with E-state index in [-0.39, 0.29) is 6.42 Å². The zero-order chi connectivity index (χ0) is 34.1. The second-order valence-electron chi connectivity index (χ2n) is 13.7. The maximum atomic E-state index is 12.5. The van der Waals surface area contributed by atoms with E-state index in [2.05, 4.69) is 19.2 Å². The van der Waals surface area contributed by atoms with Crippen molar-refractivity contribution in [3.05, 3.63) is 12.2 Å². The van der Waals surface area contributed by atoms with Gasteiger partial charge in [-0.15, -0.1) is 0 Å². The number of amides is 1. The Labute approximate surface area is 284 Å². The van der Waals surface area contributed by atoms with Crippen molar-refractivity contribution in [1.82, 2.24) is 5.32 Å². The van der Waals surface area contributed by atoms with Gasteiger partial charge in [0.1, 0.15) is 6.10 Å². The Morgan fingerprint density at radius 3 is 1.30 bits per heavy atom. The van der Waals surface area contributed by atoms with Gasteiger partial charge in [-0.25, -0.2) is 0 Å². The first-order chi connectivity index (χ1) is 22.2. The summed E-state index contributed by atoms with van der Waals surface area (Å²) in [7, 11) is -4.43. The molecule has 0 aromatic rings. The molecule has 0 rings (SSSR count). The number of carbonyl (C=O) groups is 1. The van der Waals surface area contributed by atoms with Crippen molar-refractivity contribution in [3.63, 3.8) is 0 Å². The molecular formula is C38H75NO6S. The number of carbonyl (C=O) groups excluding carboxylic acids is 1. The predicted molar refractivity (Wildman–Crippen MR) is 195 cm³/mol. The summed E-state index contributed by atoms with van der Waals surface area (Å²) < 4.78 is 32.4. The van der Waals surface area contributed by atoms with Crippen LogP contribution in [0.5, 0.6) is 0 Å². The summed E-state index contributed by atoms with van der Waals surface area (Å²) in [4.78, 5) is 12.5. The summed E-state index contributed by atoms with van der Waals surface area (Å²) in [6, 6.07) is -1.23. The van der Waals surface area contributed by atoms with Crippen LogP contribution in [0.3, 0.4) is 0 Å². The predicted octanol–water partition coefficient (Wildman–Crippen LogP) is 9.99. The zero-order valence-corrected chi connectivity index (χ0v) is 30.9. The van der Waals surface area contributed by atoms with Crippen LogP contribution in [-0.4, -0.2) is 53.1 Å². The van der Waals surface area contributed by atoms with E-state index in [1.54, 1.807) is 6.08 Å². The fourth-order valence-corrected chi connectivity index (χ4v) is 6.78. The molecular weight excluding hydrogens is 598 g/mol. The highest BCUT2D eigenvalue weighted by molar-refractivity contribution is 7.85. The lowest BCUT2D eigenvalue weighted by molar-refractivity contribution is -0.130. The van der Waals surface area contributed by atoms with Crippen LogP contribution in [0.15, 0.2) is 12.2 Å². The molecule has 0 heterocycles. The van der Waals surface area contributed by atoms with Gasteiger partial charge in [-0.3, -0.25) is 9.35 Å². The molecule has 0 aliphatic carbocycles. The first kappa shape index (κ1) is 45.0. The Bertz CT molecular complexity index is 803. The number of rotatable bonds is 35. The quantitative estimate of drug-likeness (QED) is 0.0302. The second kappa shape index (κ2) is 32.6. The largest absolute Gasteiger partial charge is 0.387 e. The molecule has 0 fully saturated rings. The molecule has 0 aliphatic rings. The van der Waals surface area contributed by atoms with Gasteiger partial charge in [0.15, 0.2) is 0 Å². The Morgan fingerprint density at radius 2 is 0.935 bits per heavy atom. The molecule has 7 nitrogen and oxygen atoms in total. The van der Waals surface area contributed by atoms with Crippen LogP contribution < -0.4 is 5.32 Å². The highest BCUT2D eigenvalue weighted by Crippen LogP contribution is 2.15. The van der Waals surface area contributed by atoms with Gasteiger partial charge in [0.05, 0.1) is 17.9 Å². The van der Waals surface area contributed by atoms with Crippen LogP contribution in [0.1, 0.15) is 200 Å². The summed E-state index contributed by atoms with van der Waals surface area (Å²) in [6.07, 6.45) is 35.5. The van der Waals surface area contributed by atoms with Gasteiger partial charge in [-0.05, 0) is 19.3 Å².